The van der Waals surface area contributed by atoms with E-state index in [2.05, 4.69) is 53.8 Å². The summed E-state index contributed by atoms with van der Waals surface area (Å²) in [6, 6.07) is 26.3. The lowest BCUT2D eigenvalue weighted by Gasteiger charge is -2.56. The zero-order valence-corrected chi connectivity index (χ0v) is 26.5. The Morgan fingerprint density at radius 1 is 0.867 bits per heavy atom. The highest BCUT2D eigenvalue weighted by Crippen LogP contribution is 2.55. The molecule has 4 bridgehead atoms. The minimum atomic E-state index is -0.591. The highest BCUT2D eigenvalue weighted by Gasteiger charge is 2.51. The first-order chi connectivity index (χ1) is 21.8. The van der Waals surface area contributed by atoms with Gasteiger partial charge in [-0.1, -0.05) is 73.7 Å². The van der Waals surface area contributed by atoms with Crippen LogP contribution in [0.3, 0.4) is 0 Å². The number of hydrogen-bond acceptors (Lipinski definition) is 5. The number of aliphatic hydroxyl groups excluding tert-OH is 1. The standard InChI is InChI=1S/C38H47N3O4/c1-25-34(23-41(2)22-26-7-4-3-5-8-26)44-36(45-35(25)31-13-11-27(24-42)12-14-31)32-9-6-10-33(18-32)39-37(43)40-38-19-28-15-29(20-38)17-30(16-28)21-38/h3-14,18,25,28-30,34-36,42H,15-17,19-24H2,1-2H3,(H2,39,40,43)/t25-,28?,29?,30?,34+,35+,36+,38?/m0/s1. The molecule has 1 aliphatic heterocycles. The molecule has 0 radical (unpaired) electrons. The van der Waals surface area contributed by atoms with Gasteiger partial charge in [0.05, 0.1) is 18.8 Å². The molecule has 4 aliphatic carbocycles. The van der Waals surface area contributed by atoms with Crippen LogP contribution in [-0.4, -0.2) is 41.3 Å². The van der Waals surface area contributed by atoms with Crippen molar-refractivity contribution in [3.63, 3.8) is 0 Å². The van der Waals surface area contributed by atoms with Gasteiger partial charge in [0.15, 0.2) is 6.29 Å². The van der Waals surface area contributed by atoms with Gasteiger partial charge in [0, 0.05) is 35.8 Å². The molecule has 5 fully saturated rings. The third kappa shape index (κ3) is 6.82. The Morgan fingerprint density at radius 2 is 1.56 bits per heavy atom. The van der Waals surface area contributed by atoms with Gasteiger partial charge in [-0.25, -0.2) is 4.79 Å². The molecule has 45 heavy (non-hydrogen) atoms. The molecule has 1 saturated heterocycles. The number of likely N-dealkylation sites (N-methyl/N-ethyl adjacent to an activating group) is 1. The summed E-state index contributed by atoms with van der Waals surface area (Å²) in [7, 11) is 2.13. The summed E-state index contributed by atoms with van der Waals surface area (Å²) in [5, 5.41) is 16.2. The number of amides is 2. The molecule has 3 aromatic rings. The third-order valence-electron chi connectivity index (χ3n) is 10.7. The highest BCUT2D eigenvalue weighted by atomic mass is 16.7. The minimum Gasteiger partial charge on any atom is -0.392 e. The Bertz CT molecular complexity index is 1430. The van der Waals surface area contributed by atoms with E-state index in [9.17, 15) is 9.90 Å². The first-order valence-corrected chi connectivity index (χ1v) is 16.8. The van der Waals surface area contributed by atoms with E-state index < -0.39 is 6.29 Å². The number of urea groups is 1. The van der Waals surface area contributed by atoms with Crippen LogP contribution in [0.5, 0.6) is 0 Å². The van der Waals surface area contributed by atoms with Gasteiger partial charge in [0.1, 0.15) is 0 Å². The zero-order valence-electron chi connectivity index (χ0n) is 26.5. The lowest BCUT2D eigenvalue weighted by Crippen LogP contribution is -2.60. The van der Waals surface area contributed by atoms with Crippen LogP contribution in [0.2, 0.25) is 0 Å². The van der Waals surface area contributed by atoms with E-state index in [1.54, 1.807) is 0 Å². The molecule has 0 unspecified atom stereocenters. The van der Waals surface area contributed by atoms with Crippen molar-refractivity contribution < 1.29 is 19.4 Å². The fourth-order valence-electron chi connectivity index (χ4n) is 9.02. The third-order valence-corrected chi connectivity index (χ3v) is 10.7. The zero-order chi connectivity index (χ0) is 31.0. The second-order valence-electron chi connectivity index (χ2n) is 14.4. The van der Waals surface area contributed by atoms with Gasteiger partial charge in [-0.05, 0) is 92.1 Å². The quantitative estimate of drug-likeness (QED) is 0.239. The van der Waals surface area contributed by atoms with Gasteiger partial charge in [0.2, 0.25) is 0 Å². The van der Waals surface area contributed by atoms with Crippen molar-refractivity contribution in [1.82, 2.24) is 10.2 Å². The number of rotatable bonds is 9. The average molecular weight is 610 g/mol. The van der Waals surface area contributed by atoms with Crippen LogP contribution in [0.1, 0.15) is 80.1 Å². The summed E-state index contributed by atoms with van der Waals surface area (Å²) in [5.41, 5.74) is 4.77. The molecular weight excluding hydrogens is 562 g/mol. The maximum Gasteiger partial charge on any atom is 0.319 e. The Kier molecular flexibility index (Phi) is 8.71. The molecule has 238 valence electrons. The Balaban J connectivity index is 1.07. The molecule has 7 heteroatoms. The number of benzene rings is 3. The molecular formula is C38H47N3O4. The number of carbonyl (C=O) groups is 1. The molecule has 2 amide bonds. The van der Waals surface area contributed by atoms with E-state index in [-0.39, 0.29) is 36.3 Å². The number of ether oxygens (including phenoxy) is 2. The van der Waals surface area contributed by atoms with Gasteiger partial charge in [-0.15, -0.1) is 0 Å². The number of nitrogens with zero attached hydrogens (tertiary/aromatic N) is 1. The monoisotopic (exact) mass is 609 g/mol. The van der Waals surface area contributed by atoms with Crippen molar-refractivity contribution >= 4 is 11.7 Å². The van der Waals surface area contributed by atoms with Gasteiger partial charge in [-0.3, -0.25) is 4.90 Å². The summed E-state index contributed by atoms with van der Waals surface area (Å²) in [6.07, 6.45) is 6.53. The summed E-state index contributed by atoms with van der Waals surface area (Å²) in [5.74, 6) is 2.41. The van der Waals surface area contributed by atoms with Gasteiger partial charge in [0.25, 0.3) is 0 Å². The van der Waals surface area contributed by atoms with E-state index in [1.165, 1.54) is 24.8 Å². The first-order valence-electron chi connectivity index (χ1n) is 16.8. The van der Waals surface area contributed by atoms with Crippen molar-refractivity contribution in [2.45, 2.75) is 82.6 Å². The largest absolute Gasteiger partial charge is 0.392 e. The number of hydrogen-bond donors (Lipinski definition) is 3. The van der Waals surface area contributed by atoms with Crippen LogP contribution in [0.15, 0.2) is 78.9 Å². The normalized spacial score (nSPS) is 32.0. The van der Waals surface area contributed by atoms with E-state index in [0.717, 1.165) is 72.5 Å². The smallest absolute Gasteiger partial charge is 0.319 e. The van der Waals surface area contributed by atoms with Gasteiger partial charge >= 0.3 is 6.03 Å². The first kappa shape index (κ1) is 30.4. The van der Waals surface area contributed by atoms with Crippen LogP contribution in [-0.2, 0) is 22.6 Å². The molecule has 3 aromatic carbocycles. The maximum absolute atomic E-state index is 13.3. The number of aliphatic hydroxyl groups is 1. The molecule has 0 spiro atoms. The fraction of sp³-hybridized carbons (Fsp3) is 0.500. The molecule has 4 atom stereocenters. The summed E-state index contributed by atoms with van der Waals surface area (Å²) in [4.78, 5) is 15.6. The summed E-state index contributed by atoms with van der Waals surface area (Å²) in [6.45, 7) is 3.77. The van der Waals surface area contributed by atoms with E-state index >= 15 is 0 Å². The fourth-order valence-corrected chi connectivity index (χ4v) is 9.02. The van der Waals surface area contributed by atoms with Crippen molar-refractivity contribution in [3.8, 4) is 0 Å². The lowest BCUT2D eigenvalue weighted by atomic mass is 9.53. The SMILES string of the molecule is C[C@H]1[C@@H](CN(C)Cc2ccccc2)O[C@@H](c2cccc(NC(=O)NC34CC5CC(CC(C5)C3)C4)c2)O[C@H]1c1ccc(CO)cc1. The summed E-state index contributed by atoms with van der Waals surface area (Å²) >= 11 is 0. The number of anilines is 1. The maximum atomic E-state index is 13.3. The topological polar surface area (TPSA) is 83.1 Å². The molecule has 0 aromatic heterocycles. The highest BCUT2D eigenvalue weighted by molar-refractivity contribution is 5.90. The molecule has 5 aliphatic rings. The van der Waals surface area contributed by atoms with Crippen LogP contribution >= 0.6 is 0 Å². The van der Waals surface area contributed by atoms with Crippen LogP contribution in [0, 0.1) is 23.7 Å². The van der Waals surface area contributed by atoms with Gasteiger partial charge < -0.3 is 25.2 Å². The Morgan fingerprint density at radius 3 is 2.22 bits per heavy atom. The van der Waals surface area contributed by atoms with Gasteiger partial charge in [-0.2, -0.15) is 0 Å². The van der Waals surface area contributed by atoms with Crippen LogP contribution in [0.4, 0.5) is 10.5 Å². The summed E-state index contributed by atoms with van der Waals surface area (Å²) < 4.78 is 13.4. The number of carbonyl (C=O) groups excluding carboxylic acids is 1. The second-order valence-corrected chi connectivity index (χ2v) is 14.4. The van der Waals surface area contributed by atoms with Crippen molar-refractivity contribution in [3.05, 3.63) is 101 Å². The Hall–Kier alpha value is -3.23. The van der Waals surface area contributed by atoms with Crippen molar-refractivity contribution in [2.75, 3.05) is 18.9 Å². The molecule has 4 saturated carbocycles. The Labute approximate surface area is 267 Å². The molecule has 7 nitrogen and oxygen atoms in total. The lowest BCUT2D eigenvalue weighted by molar-refractivity contribution is -0.276. The van der Waals surface area contributed by atoms with Crippen LogP contribution in [0.25, 0.3) is 0 Å². The second kappa shape index (κ2) is 12.9. The molecule has 3 N–H and O–H groups in total. The van der Waals surface area contributed by atoms with Crippen molar-refractivity contribution in [1.29, 1.82) is 0 Å². The van der Waals surface area contributed by atoms with Crippen molar-refractivity contribution in [2.24, 2.45) is 23.7 Å². The van der Waals surface area contributed by atoms with E-state index in [0.29, 0.717) is 0 Å². The molecule has 1 heterocycles. The van der Waals surface area contributed by atoms with Crippen LogP contribution < -0.4 is 10.6 Å². The van der Waals surface area contributed by atoms with E-state index in [4.69, 9.17) is 9.47 Å². The molecule has 8 rings (SSSR count). The predicted octanol–water partition coefficient (Wildman–Crippen LogP) is 7.19. The number of nitrogens with one attached hydrogen (secondary N) is 2. The van der Waals surface area contributed by atoms with E-state index in [1.807, 2.05) is 54.6 Å². The minimum absolute atomic E-state index is 0.0102. The predicted molar refractivity (Wildman–Crippen MR) is 175 cm³/mol. The average Bonchev–Trinajstić information content (AvgIpc) is 3.02.